The minimum Gasteiger partial charge on any atom is -0.376 e. The van der Waals surface area contributed by atoms with Gasteiger partial charge < -0.3 is 4.74 Å². The van der Waals surface area contributed by atoms with Crippen molar-refractivity contribution in [3.8, 4) is 29.2 Å². The lowest BCUT2D eigenvalue weighted by molar-refractivity contribution is 0.00370. The normalized spacial score (nSPS) is 19.4. The molecule has 1 saturated carbocycles. The van der Waals surface area contributed by atoms with Gasteiger partial charge in [0.2, 0.25) is 0 Å². The van der Waals surface area contributed by atoms with Gasteiger partial charge in [-0.15, -0.1) is 5.10 Å². The topological polar surface area (TPSA) is 63.7 Å². The van der Waals surface area contributed by atoms with Gasteiger partial charge in [0.25, 0.3) is 0 Å². The molecule has 5 nitrogen and oxygen atoms in total. The molecule has 2 aliphatic rings. The minimum absolute atomic E-state index is 0.219. The molecule has 0 bridgehead atoms. The molecule has 0 amide bonds. The van der Waals surface area contributed by atoms with Crippen LogP contribution in [0, 0.1) is 29.1 Å². The van der Waals surface area contributed by atoms with E-state index in [0.717, 1.165) is 48.4 Å². The van der Waals surface area contributed by atoms with Crippen LogP contribution in [0.3, 0.4) is 0 Å². The van der Waals surface area contributed by atoms with E-state index >= 15 is 0 Å². The van der Waals surface area contributed by atoms with E-state index in [1.54, 1.807) is 0 Å². The first-order valence-corrected chi connectivity index (χ1v) is 9.35. The van der Waals surface area contributed by atoms with Crippen LogP contribution in [-0.4, -0.2) is 27.7 Å². The first kappa shape index (κ1) is 16.8. The van der Waals surface area contributed by atoms with Gasteiger partial charge in [-0.1, -0.05) is 23.1 Å². The fraction of sp³-hybridized carbons (Fsp3) is 0.476. The fourth-order valence-corrected chi connectivity index (χ4v) is 3.24. The van der Waals surface area contributed by atoms with Crippen molar-refractivity contribution in [2.45, 2.75) is 51.2 Å². The zero-order valence-electron chi connectivity index (χ0n) is 14.8. The predicted molar refractivity (Wildman–Crippen MR) is 98.0 cm³/mol. The molecule has 1 aliphatic carbocycles. The third kappa shape index (κ3) is 4.12. The van der Waals surface area contributed by atoms with E-state index in [1.165, 1.54) is 19.3 Å². The van der Waals surface area contributed by atoms with Crippen LogP contribution in [0.25, 0.3) is 11.3 Å². The second-order valence-electron chi connectivity index (χ2n) is 7.06. The summed E-state index contributed by atoms with van der Waals surface area (Å²) in [5.41, 5.74) is 3.68. The van der Waals surface area contributed by atoms with E-state index in [1.807, 2.05) is 29.1 Å². The van der Waals surface area contributed by atoms with E-state index in [9.17, 15) is 5.26 Å². The molecule has 2 heterocycles. The molecule has 1 saturated heterocycles. The van der Waals surface area contributed by atoms with Crippen molar-refractivity contribution in [1.82, 2.24) is 15.0 Å². The number of nitriles is 1. The maximum atomic E-state index is 9.19. The van der Waals surface area contributed by atoms with Crippen molar-refractivity contribution in [2.75, 3.05) is 6.61 Å². The minimum atomic E-state index is 0.219. The Morgan fingerprint density at radius 2 is 2.15 bits per heavy atom. The van der Waals surface area contributed by atoms with Gasteiger partial charge >= 0.3 is 0 Å². The maximum Gasteiger partial charge on any atom is 0.113 e. The van der Waals surface area contributed by atoms with Gasteiger partial charge in [-0.05, 0) is 49.8 Å². The summed E-state index contributed by atoms with van der Waals surface area (Å²) < 4.78 is 7.63. The Kier molecular flexibility index (Phi) is 5.00. The largest absolute Gasteiger partial charge is 0.376 e. The van der Waals surface area contributed by atoms with Crippen molar-refractivity contribution >= 4 is 0 Å². The summed E-state index contributed by atoms with van der Waals surface area (Å²) in [5, 5.41) is 17.8. The number of rotatable bonds is 4. The van der Waals surface area contributed by atoms with E-state index in [4.69, 9.17) is 4.74 Å². The van der Waals surface area contributed by atoms with Crippen LogP contribution in [0.1, 0.15) is 43.2 Å². The first-order chi connectivity index (χ1) is 12.8. The van der Waals surface area contributed by atoms with Gasteiger partial charge in [-0.25, -0.2) is 4.68 Å². The summed E-state index contributed by atoms with van der Waals surface area (Å²) in [7, 11) is 0. The van der Waals surface area contributed by atoms with E-state index < -0.39 is 0 Å². The van der Waals surface area contributed by atoms with Crippen molar-refractivity contribution in [3.63, 3.8) is 0 Å². The monoisotopic (exact) mass is 346 g/mol. The smallest absolute Gasteiger partial charge is 0.113 e. The van der Waals surface area contributed by atoms with Crippen LogP contribution in [0.15, 0.2) is 24.4 Å². The molecule has 1 aliphatic heterocycles. The number of benzene rings is 1. The Morgan fingerprint density at radius 3 is 2.92 bits per heavy atom. The molecular weight excluding hydrogens is 324 g/mol. The van der Waals surface area contributed by atoms with Gasteiger partial charge in [0.05, 0.1) is 31.3 Å². The Bertz CT molecular complexity index is 873. The third-order valence-electron chi connectivity index (χ3n) is 4.85. The average molecular weight is 346 g/mol. The maximum absolute atomic E-state index is 9.19. The van der Waals surface area contributed by atoms with Crippen LogP contribution in [0.5, 0.6) is 0 Å². The van der Waals surface area contributed by atoms with Gasteiger partial charge in [-0.3, -0.25) is 0 Å². The van der Waals surface area contributed by atoms with Gasteiger partial charge in [0.15, 0.2) is 0 Å². The van der Waals surface area contributed by atoms with Crippen LogP contribution >= 0.6 is 0 Å². The Morgan fingerprint density at radius 1 is 1.23 bits per heavy atom. The highest BCUT2D eigenvalue weighted by molar-refractivity contribution is 5.65. The predicted octanol–water partition coefficient (Wildman–Crippen LogP) is 3.34. The third-order valence-corrected chi connectivity index (χ3v) is 4.85. The molecule has 0 unspecified atom stereocenters. The summed E-state index contributed by atoms with van der Waals surface area (Å²) in [5.74, 6) is 7.06. The number of ether oxygens (including phenoxy) is 1. The summed E-state index contributed by atoms with van der Waals surface area (Å²) in [6, 6.07) is 8.28. The molecule has 26 heavy (non-hydrogen) atoms. The lowest BCUT2D eigenvalue weighted by Gasteiger charge is -2.21. The lowest BCUT2D eigenvalue weighted by atomic mass is 9.99. The van der Waals surface area contributed by atoms with Crippen LogP contribution in [-0.2, 0) is 17.7 Å². The van der Waals surface area contributed by atoms with Gasteiger partial charge in [-0.2, -0.15) is 5.26 Å². The highest BCUT2D eigenvalue weighted by Crippen LogP contribution is 2.28. The Hall–Kier alpha value is -2.63. The highest BCUT2D eigenvalue weighted by atomic mass is 16.5. The summed E-state index contributed by atoms with van der Waals surface area (Å²) >= 11 is 0. The van der Waals surface area contributed by atoms with Crippen molar-refractivity contribution < 1.29 is 4.74 Å². The average Bonchev–Trinajstić information content (AvgIpc) is 3.39. The highest BCUT2D eigenvalue weighted by Gasteiger charge is 2.18. The van der Waals surface area contributed by atoms with Crippen molar-refractivity contribution in [1.29, 1.82) is 5.26 Å². The van der Waals surface area contributed by atoms with Crippen molar-refractivity contribution in [2.24, 2.45) is 5.92 Å². The zero-order chi connectivity index (χ0) is 17.8. The van der Waals surface area contributed by atoms with Crippen LogP contribution < -0.4 is 0 Å². The summed E-state index contributed by atoms with van der Waals surface area (Å²) in [6.45, 7) is 1.56. The lowest BCUT2D eigenvalue weighted by Crippen LogP contribution is -2.24. The second kappa shape index (κ2) is 7.72. The molecule has 2 aromatic rings. The molecule has 132 valence electrons. The molecule has 1 aromatic heterocycles. The molecule has 0 radical (unpaired) electrons. The Labute approximate surface area is 154 Å². The van der Waals surface area contributed by atoms with E-state index in [2.05, 4.69) is 28.2 Å². The molecule has 1 aromatic carbocycles. The molecule has 0 N–H and O–H groups in total. The van der Waals surface area contributed by atoms with Crippen LogP contribution in [0.2, 0.25) is 0 Å². The molecule has 4 rings (SSSR count). The number of hydrogen-bond donors (Lipinski definition) is 0. The number of hydrogen-bond acceptors (Lipinski definition) is 4. The quantitative estimate of drug-likeness (QED) is 0.797. The standard InChI is InChI=1S/C21H22N4O/c22-11-10-18-13-17(7-6-16-4-5-16)8-9-20(18)21-15-25(24-23-21)14-19-3-1-2-12-26-19/h8-9,13,15-16,19H,1-5,10,12,14H2/t19-/m1/s1. The fourth-order valence-electron chi connectivity index (χ4n) is 3.24. The SMILES string of the molecule is N#CCc1cc(C#CC2CC2)ccc1-c1cn(C[C@H]2CCCCO2)nn1. The molecule has 0 spiro atoms. The molecule has 5 heteroatoms. The number of aromatic nitrogens is 3. The summed E-state index contributed by atoms with van der Waals surface area (Å²) in [6.07, 6.45) is 8.36. The number of nitrogens with zero attached hydrogens (tertiary/aromatic N) is 4. The van der Waals surface area contributed by atoms with Crippen LogP contribution in [0.4, 0.5) is 0 Å². The van der Waals surface area contributed by atoms with Gasteiger partial charge in [0, 0.05) is 23.7 Å². The van der Waals surface area contributed by atoms with Crippen molar-refractivity contribution in [3.05, 3.63) is 35.5 Å². The van der Waals surface area contributed by atoms with E-state index in [0.29, 0.717) is 12.3 Å². The first-order valence-electron chi connectivity index (χ1n) is 9.35. The zero-order valence-corrected chi connectivity index (χ0v) is 14.8. The van der Waals surface area contributed by atoms with Gasteiger partial charge in [0.1, 0.15) is 5.69 Å². The summed E-state index contributed by atoms with van der Waals surface area (Å²) in [4.78, 5) is 0. The van der Waals surface area contributed by atoms with E-state index in [-0.39, 0.29) is 6.10 Å². The Balaban J connectivity index is 1.54. The molecular formula is C21H22N4O. The molecule has 2 fully saturated rings. The second-order valence-corrected chi connectivity index (χ2v) is 7.06. The molecule has 1 atom stereocenters.